The maximum absolute atomic E-state index is 5.84. The number of thiazole rings is 1. The van der Waals surface area contributed by atoms with Crippen LogP contribution in [0, 0.1) is 0 Å². The molecule has 3 nitrogen and oxygen atoms in total. The molecule has 0 radical (unpaired) electrons. The van der Waals surface area contributed by atoms with E-state index in [2.05, 4.69) is 22.3 Å². The van der Waals surface area contributed by atoms with E-state index in [9.17, 15) is 0 Å². The van der Waals surface area contributed by atoms with Crippen molar-refractivity contribution in [3.8, 4) is 0 Å². The molecule has 0 saturated heterocycles. The lowest BCUT2D eigenvalue weighted by Gasteiger charge is -2.48. The zero-order valence-electron chi connectivity index (χ0n) is 8.98. The van der Waals surface area contributed by atoms with E-state index in [1.807, 2.05) is 5.51 Å². The van der Waals surface area contributed by atoms with E-state index in [0.717, 1.165) is 18.8 Å². The minimum absolute atomic E-state index is 0. The Hall–Kier alpha value is -0.160. The van der Waals surface area contributed by atoms with Crippen LogP contribution in [0.5, 0.6) is 0 Å². The molecule has 0 aliphatic heterocycles. The van der Waals surface area contributed by atoms with Crippen molar-refractivity contribution < 1.29 is 0 Å². The summed E-state index contributed by atoms with van der Waals surface area (Å²) in [6, 6.07) is 0. The second-order valence-corrected chi connectivity index (χ2v) is 4.84. The van der Waals surface area contributed by atoms with Crippen molar-refractivity contribution >= 4 is 23.7 Å². The molecule has 2 rings (SSSR count). The Morgan fingerprint density at radius 2 is 2.33 bits per heavy atom. The molecule has 1 fully saturated rings. The molecule has 5 heteroatoms. The lowest BCUT2D eigenvalue weighted by Crippen LogP contribution is -2.56. The fourth-order valence-electron chi connectivity index (χ4n) is 2.05. The van der Waals surface area contributed by atoms with Crippen LogP contribution in [0.1, 0.15) is 25.0 Å². The van der Waals surface area contributed by atoms with Gasteiger partial charge in [-0.25, -0.2) is 4.98 Å². The third-order valence-corrected chi connectivity index (χ3v) is 3.99. The van der Waals surface area contributed by atoms with Gasteiger partial charge in [0.15, 0.2) is 0 Å². The molecule has 1 heterocycles. The molecular formula is C10H18ClN3S. The van der Waals surface area contributed by atoms with Gasteiger partial charge in [-0.1, -0.05) is 0 Å². The molecule has 86 valence electrons. The first-order valence-electron chi connectivity index (χ1n) is 5.05. The predicted octanol–water partition coefficient (Wildman–Crippen LogP) is 1.88. The zero-order valence-corrected chi connectivity index (χ0v) is 10.6. The molecule has 1 aromatic heterocycles. The summed E-state index contributed by atoms with van der Waals surface area (Å²) < 4.78 is 0. The van der Waals surface area contributed by atoms with E-state index in [1.54, 1.807) is 11.3 Å². The summed E-state index contributed by atoms with van der Waals surface area (Å²) >= 11 is 1.66. The molecule has 15 heavy (non-hydrogen) atoms. The minimum atomic E-state index is 0. The number of nitrogens with zero attached hydrogens (tertiary/aromatic N) is 2. The number of halogens is 1. The number of hydrogen-bond acceptors (Lipinski definition) is 4. The van der Waals surface area contributed by atoms with E-state index in [4.69, 9.17) is 5.73 Å². The Bertz CT molecular complexity index is 279. The van der Waals surface area contributed by atoms with Gasteiger partial charge in [0.05, 0.1) is 11.2 Å². The number of nitrogens with two attached hydrogens (primary N) is 1. The number of likely N-dealkylation sites (N-methyl/N-ethyl adjacent to an activating group) is 1. The second-order valence-electron chi connectivity index (χ2n) is 4.12. The first kappa shape index (κ1) is 12.9. The highest BCUT2D eigenvalue weighted by Gasteiger charge is 2.39. The van der Waals surface area contributed by atoms with Crippen LogP contribution in [0.15, 0.2) is 10.9 Å². The van der Waals surface area contributed by atoms with E-state index < -0.39 is 0 Å². The topological polar surface area (TPSA) is 42.2 Å². The maximum atomic E-state index is 5.84. The lowest BCUT2D eigenvalue weighted by molar-refractivity contribution is 0.0390. The van der Waals surface area contributed by atoms with Crippen LogP contribution < -0.4 is 5.73 Å². The normalized spacial score (nSPS) is 18.3. The largest absolute Gasteiger partial charge is 0.329 e. The van der Waals surface area contributed by atoms with Crippen molar-refractivity contribution in [1.29, 1.82) is 0 Å². The van der Waals surface area contributed by atoms with Gasteiger partial charge >= 0.3 is 0 Å². The van der Waals surface area contributed by atoms with Gasteiger partial charge in [0.25, 0.3) is 0 Å². The fraction of sp³-hybridized carbons (Fsp3) is 0.700. The van der Waals surface area contributed by atoms with Crippen molar-refractivity contribution in [3.63, 3.8) is 0 Å². The van der Waals surface area contributed by atoms with Crippen LogP contribution >= 0.6 is 23.7 Å². The smallest absolute Gasteiger partial charge is 0.0795 e. The van der Waals surface area contributed by atoms with Crippen molar-refractivity contribution in [3.05, 3.63) is 16.6 Å². The lowest BCUT2D eigenvalue weighted by atomic mass is 9.75. The van der Waals surface area contributed by atoms with Crippen LogP contribution in [0.25, 0.3) is 0 Å². The van der Waals surface area contributed by atoms with Crippen LogP contribution in [0.2, 0.25) is 0 Å². The molecule has 1 aromatic rings. The number of rotatable bonds is 4. The third-order valence-electron chi connectivity index (χ3n) is 3.36. The fourth-order valence-corrected chi connectivity index (χ4v) is 2.60. The van der Waals surface area contributed by atoms with E-state index >= 15 is 0 Å². The molecule has 0 spiro atoms. The summed E-state index contributed by atoms with van der Waals surface area (Å²) in [6.45, 7) is 1.70. The van der Waals surface area contributed by atoms with Crippen LogP contribution in [0.3, 0.4) is 0 Å². The van der Waals surface area contributed by atoms with Crippen molar-refractivity contribution in [2.24, 2.45) is 5.73 Å². The van der Waals surface area contributed by atoms with Gasteiger partial charge in [-0.3, -0.25) is 4.90 Å². The Labute approximate surface area is 101 Å². The number of aromatic nitrogens is 1. The highest BCUT2D eigenvalue weighted by atomic mass is 35.5. The van der Waals surface area contributed by atoms with E-state index in [1.165, 1.54) is 19.3 Å². The van der Waals surface area contributed by atoms with Gasteiger partial charge in [-0.2, -0.15) is 0 Å². The molecule has 0 unspecified atom stereocenters. The van der Waals surface area contributed by atoms with Crippen molar-refractivity contribution in [2.75, 3.05) is 13.6 Å². The highest BCUT2D eigenvalue weighted by Crippen LogP contribution is 2.36. The second kappa shape index (κ2) is 5.25. The average Bonchev–Trinajstić information content (AvgIpc) is 2.55. The molecule has 1 saturated carbocycles. The van der Waals surface area contributed by atoms with Gasteiger partial charge in [0, 0.05) is 24.0 Å². The molecule has 1 aliphatic carbocycles. The molecule has 0 amide bonds. The van der Waals surface area contributed by atoms with Gasteiger partial charge in [-0.05, 0) is 26.3 Å². The van der Waals surface area contributed by atoms with Crippen molar-refractivity contribution in [2.45, 2.75) is 31.3 Å². The first-order valence-corrected chi connectivity index (χ1v) is 5.99. The Morgan fingerprint density at radius 3 is 2.73 bits per heavy atom. The van der Waals surface area contributed by atoms with Crippen LogP contribution in [-0.4, -0.2) is 29.0 Å². The summed E-state index contributed by atoms with van der Waals surface area (Å²) in [6.07, 6.45) is 3.80. The Morgan fingerprint density at radius 1 is 1.60 bits per heavy atom. The van der Waals surface area contributed by atoms with Gasteiger partial charge < -0.3 is 5.73 Å². The van der Waals surface area contributed by atoms with Crippen LogP contribution in [-0.2, 0) is 6.54 Å². The quantitative estimate of drug-likeness (QED) is 0.884. The molecule has 0 bridgehead atoms. The SMILES string of the molecule is CN(Cc1cscn1)C1(CN)CCC1.Cl. The maximum Gasteiger partial charge on any atom is 0.0795 e. The third kappa shape index (κ3) is 2.50. The minimum Gasteiger partial charge on any atom is -0.329 e. The van der Waals surface area contributed by atoms with E-state index in [-0.39, 0.29) is 17.9 Å². The number of hydrogen-bond donors (Lipinski definition) is 1. The van der Waals surface area contributed by atoms with Gasteiger partial charge in [-0.15, -0.1) is 23.7 Å². The summed E-state index contributed by atoms with van der Waals surface area (Å²) in [5, 5.41) is 2.11. The first-order chi connectivity index (χ1) is 6.77. The zero-order chi connectivity index (χ0) is 10.0. The van der Waals surface area contributed by atoms with Gasteiger partial charge in [0.1, 0.15) is 0 Å². The molecule has 0 aromatic carbocycles. The summed E-state index contributed by atoms with van der Waals surface area (Å²) in [5.74, 6) is 0. The monoisotopic (exact) mass is 247 g/mol. The van der Waals surface area contributed by atoms with E-state index in [0.29, 0.717) is 0 Å². The molecular weight excluding hydrogens is 230 g/mol. The summed E-state index contributed by atoms with van der Waals surface area (Å²) in [7, 11) is 2.16. The standard InChI is InChI=1S/C10H17N3S.ClH/c1-13(5-9-6-14-8-12-9)10(7-11)3-2-4-10;/h6,8H,2-5,7,11H2,1H3;1H. The Balaban J connectivity index is 0.00000112. The summed E-state index contributed by atoms with van der Waals surface area (Å²) in [4.78, 5) is 6.67. The average molecular weight is 248 g/mol. The summed E-state index contributed by atoms with van der Waals surface area (Å²) in [5.41, 5.74) is 9.16. The molecule has 0 atom stereocenters. The van der Waals surface area contributed by atoms with Gasteiger partial charge in [0.2, 0.25) is 0 Å². The molecule has 1 aliphatic rings. The highest BCUT2D eigenvalue weighted by molar-refractivity contribution is 7.07. The Kier molecular flexibility index (Phi) is 4.52. The predicted molar refractivity (Wildman–Crippen MR) is 66.5 cm³/mol. The van der Waals surface area contributed by atoms with Crippen LogP contribution in [0.4, 0.5) is 0 Å². The molecule has 2 N–H and O–H groups in total. The van der Waals surface area contributed by atoms with Crippen molar-refractivity contribution in [1.82, 2.24) is 9.88 Å².